The van der Waals surface area contributed by atoms with Gasteiger partial charge < -0.3 is 9.80 Å². The van der Waals surface area contributed by atoms with E-state index in [4.69, 9.17) is 0 Å². The van der Waals surface area contributed by atoms with E-state index in [9.17, 15) is 4.79 Å². The first-order chi connectivity index (χ1) is 11.7. The zero-order chi connectivity index (χ0) is 16.1. The Morgan fingerprint density at radius 1 is 0.833 bits per heavy atom. The summed E-state index contributed by atoms with van der Waals surface area (Å²) in [6.45, 7) is 4.64. The number of likely N-dealkylation sites (tertiary alicyclic amines) is 2. The summed E-state index contributed by atoms with van der Waals surface area (Å²) >= 11 is 0. The molecular weight excluding hydrogens is 296 g/mol. The third kappa shape index (κ3) is 2.81. The number of carbonyl (C=O) groups is 1. The summed E-state index contributed by atoms with van der Waals surface area (Å²) in [5, 5.41) is 0. The van der Waals surface area contributed by atoms with E-state index in [1.807, 2.05) is 0 Å². The van der Waals surface area contributed by atoms with E-state index in [1.165, 1.54) is 77.3 Å². The standard InChI is InChI=1S/C21H34N2O/c24-20(23-7-3-19(4-8-23)22-5-1-2-6-22)15-21-12-16-9-17(13-21)11-18(10-16)14-21/h16-19H,1-15H2. The zero-order valence-corrected chi connectivity index (χ0v) is 15.2. The lowest BCUT2D eigenvalue weighted by molar-refractivity contribution is -0.141. The molecule has 1 amide bonds. The Balaban J connectivity index is 1.18. The molecule has 2 aliphatic heterocycles. The Kier molecular flexibility index (Phi) is 3.92. The van der Waals surface area contributed by atoms with Crippen LogP contribution in [-0.2, 0) is 4.79 Å². The largest absolute Gasteiger partial charge is 0.343 e. The van der Waals surface area contributed by atoms with Crippen molar-refractivity contribution in [2.75, 3.05) is 26.2 Å². The molecular formula is C21H34N2O. The van der Waals surface area contributed by atoms with E-state index in [-0.39, 0.29) is 0 Å². The van der Waals surface area contributed by atoms with Gasteiger partial charge in [-0.05, 0) is 100 Å². The average molecular weight is 331 g/mol. The van der Waals surface area contributed by atoms with Gasteiger partial charge in [0.2, 0.25) is 5.91 Å². The lowest BCUT2D eigenvalue weighted by atomic mass is 9.49. The van der Waals surface area contributed by atoms with Crippen LogP contribution in [0, 0.1) is 23.2 Å². The van der Waals surface area contributed by atoms with Crippen LogP contribution in [-0.4, -0.2) is 47.9 Å². The monoisotopic (exact) mass is 330 g/mol. The maximum atomic E-state index is 13.0. The van der Waals surface area contributed by atoms with Crippen LogP contribution in [0.1, 0.15) is 70.6 Å². The summed E-state index contributed by atoms with van der Waals surface area (Å²) in [6.07, 6.45) is 14.6. The molecule has 0 unspecified atom stereocenters. The summed E-state index contributed by atoms with van der Waals surface area (Å²) < 4.78 is 0. The molecule has 2 heterocycles. The van der Waals surface area contributed by atoms with Gasteiger partial charge in [0.1, 0.15) is 0 Å². The van der Waals surface area contributed by atoms with Gasteiger partial charge in [-0.1, -0.05) is 0 Å². The van der Waals surface area contributed by atoms with E-state index < -0.39 is 0 Å². The number of hydrogen-bond acceptors (Lipinski definition) is 2. The Bertz CT molecular complexity index is 453. The molecule has 0 N–H and O–H groups in total. The van der Waals surface area contributed by atoms with Crippen LogP contribution in [0.5, 0.6) is 0 Å². The molecule has 6 rings (SSSR count). The van der Waals surface area contributed by atoms with Gasteiger partial charge >= 0.3 is 0 Å². The van der Waals surface area contributed by atoms with Gasteiger partial charge in [0.15, 0.2) is 0 Å². The lowest BCUT2D eigenvalue weighted by Crippen LogP contribution is -2.50. The first-order valence-corrected chi connectivity index (χ1v) is 10.7. The number of carbonyl (C=O) groups excluding carboxylic acids is 1. The fourth-order valence-corrected chi connectivity index (χ4v) is 7.53. The molecule has 0 aromatic carbocycles. The van der Waals surface area contributed by atoms with Gasteiger partial charge in [0.05, 0.1) is 0 Å². The predicted molar refractivity (Wildman–Crippen MR) is 95.6 cm³/mol. The molecule has 0 radical (unpaired) electrons. The van der Waals surface area contributed by atoms with Crippen LogP contribution in [0.2, 0.25) is 0 Å². The minimum absolute atomic E-state index is 0.414. The second-order valence-electron chi connectivity index (χ2n) is 9.95. The molecule has 0 aromatic rings. The van der Waals surface area contributed by atoms with Crippen molar-refractivity contribution in [2.24, 2.45) is 23.2 Å². The Morgan fingerprint density at radius 3 is 1.92 bits per heavy atom. The van der Waals surface area contributed by atoms with E-state index in [1.54, 1.807) is 0 Å². The van der Waals surface area contributed by atoms with Crippen molar-refractivity contribution in [1.82, 2.24) is 9.80 Å². The normalized spacial score (nSPS) is 42.8. The fraction of sp³-hybridized carbons (Fsp3) is 0.952. The van der Waals surface area contributed by atoms with E-state index in [0.29, 0.717) is 11.3 Å². The van der Waals surface area contributed by atoms with Gasteiger partial charge in [-0.3, -0.25) is 4.79 Å². The molecule has 4 saturated carbocycles. The van der Waals surface area contributed by atoms with Crippen molar-refractivity contribution in [3.05, 3.63) is 0 Å². The van der Waals surface area contributed by atoms with Crippen molar-refractivity contribution >= 4 is 5.91 Å². The van der Waals surface area contributed by atoms with Crippen LogP contribution >= 0.6 is 0 Å². The van der Waals surface area contributed by atoms with Crippen LogP contribution < -0.4 is 0 Å². The first-order valence-electron chi connectivity index (χ1n) is 10.7. The van der Waals surface area contributed by atoms with Crippen LogP contribution in [0.25, 0.3) is 0 Å². The van der Waals surface area contributed by atoms with Gasteiger partial charge in [-0.25, -0.2) is 0 Å². The maximum absolute atomic E-state index is 13.0. The van der Waals surface area contributed by atoms with Gasteiger partial charge in [0.25, 0.3) is 0 Å². The number of rotatable bonds is 3. The van der Waals surface area contributed by atoms with Crippen molar-refractivity contribution in [2.45, 2.75) is 76.7 Å². The molecule has 3 nitrogen and oxygen atoms in total. The summed E-state index contributed by atoms with van der Waals surface area (Å²) in [7, 11) is 0. The molecule has 134 valence electrons. The van der Waals surface area contributed by atoms with Crippen LogP contribution in [0.3, 0.4) is 0 Å². The Morgan fingerprint density at radius 2 is 1.38 bits per heavy atom. The molecule has 0 atom stereocenters. The SMILES string of the molecule is O=C(CC12CC3CC(CC(C3)C1)C2)N1CCC(N2CCCC2)CC1. The summed E-state index contributed by atoms with van der Waals surface area (Å²) in [4.78, 5) is 17.9. The summed E-state index contributed by atoms with van der Waals surface area (Å²) in [5.41, 5.74) is 0.414. The van der Waals surface area contributed by atoms with Gasteiger partial charge in [0, 0.05) is 25.6 Å². The molecule has 4 aliphatic carbocycles. The lowest BCUT2D eigenvalue weighted by Gasteiger charge is -2.57. The topological polar surface area (TPSA) is 23.6 Å². The minimum Gasteiger partial charge on any atom is -0.343 e. The molecule has 0 aromatic heterocycles. The highest BCUT2D eigenvalue weighted by atomic mass is 16.2. The number of piperidine rings is 1. The molecule has 3 heteroatoms. The third-order valence-electron chi connectivity index (χ3n) is 8.17. The van der Waals surface area contributed by atoms with E-state index in [2.05, 4.69) is 9.80 Å². The van der Waals surface area contributed by atoms with Crippen molar-refractivity contribution in [3.8, 4) is 0 Å². The van der Waals surface area contributed by atoms with E-state index in [0.717, 1.165) is 43.3 Å². The van der Waals surface area contributed by atoms with Crippen molar-refractivity contribution in [3.63, 3.8) is 0 Å². The smallest absolute Gasteiger partial charge is 0.223 e. The Hall–Kier alpha value is -0.570. The molecule has 0 spiro atoms. The number of nitrogens with zero attached hydrogens (tertiary/aromatic N) is 2. The third-order valence-corrected chi connectivity index (χ3v) is 8.17. The molecule has 6 aliphatic rings. The Labute approximate surface area is 147 Å². The van der Waals surface area contributed by atoms with Gasteiger partial charge in [-0.2, -0.15) is 0 Å². The van der Waals surface area contributed by atoms with Crippen LogP contribution in [0.15, 0.2) is 0 Å². The zero-order valence-electron chi connectivity index (χ0n) is 15.2. The minimum atomic E-state index is 0.414. The second kappa shape index (κ2) is 6.00. The fourth-order valence-electron chi connectivity index (χ4n) is 7.53. The van der Waals surface area contributed by atoms with Crippen molar-refractivity contribution < 1.29 is 4.79 Å². The average Bonchev–Trinajstić information content (AvgIpc) is 3.07. The highest BCUT2D eigenvalue weighted by molar-refractivity contribution is 5.77. The molecule has 2 saturated heterocycles. The highest BCUT2D eigenvalue weighted by Crippen LogP contribution is 2.61. The predicted octanol–water partition coefficient (Wildman–Crippen LogP) is 3.68. The molecule has 4 bridgehead atoms. The number of amides is 1. The summed E-state index contributed by atoms with van der Waals surface area (Å²) in [5.74, 6) is 3.39. The maximum Gasteiger partial charge on any atom is 0.223 e. The summed E-state index contributed by atoms with van der Waals surface area (Å²) in [6, 6.07) is 0.760. The molecule has 6 fully saturated rings. The van der Waals surface area contributed by atoms with Crippen LogP contribution in [0.4, 0.5) is 0 Å². The first kappa shape index (κ1) is 15.7. The van der Waals surface area contributed by atoms with E-state index >= 15 is 0 Å². The number of hydrogen-bond donors (Lipinski definition) is 0. The highest BCUT2D eigenvalue weighted by Gasteiger charge is 2.51. The quantitative estimate of drug-likeness (QED) is 0.788. The molecule has 24 heavy (non-hydrogen) atoms. The van der Waals surface area contributed by atoms with Crippen molar-refractivity contribution in [1.29, 1.82) is 0 Å². The second-order valence-corrected chi connectivity index (χ2v) is 9.95. The van der Waals surface area contributed by atoms with Gasteiger partial charge in [-0.15, -0.1) is 0 Å².